The summed E-state index contributed by atoms with van der Waals surface area (Å²) in [5, 5.41) is 2.54. The zero-order valence-electron chi connectivity index (χ0n) is 8.54. The summed E-state index contributed by atoms with van der Waals surface area (Å²) in [6.45, 7) is 0. The van der Waals surface area contributed by atoms with Crippen molar-refractivity contribution in [1.82, 2.24) is 0 Å². The lowest BCUT2D eigenvalue weighted by Gasteiger charge is -2.02. The van der Waals surface area contributed by atoms with Crippen LogP contribution >= 0.6 is 34.5 Å². The Labute approximate surface area is 112 Å². The molecule has 1 nitrogen and oxygen atoms in total. The van der Waals surface area contributed by atoms with E-state index in [0.717, 1.165) is 0 Å². The highest BCUT2D eigenvalue weighted by Gasteiger charge is 2.14. The van der Waals surface area contributed by atoms with Gasteiger partial charge in [0.1, 0.15) is 5.82 Å². The summed E-state index contributed by atoms with van der Waals surface area (Å²) in [5.74, 6) is -0.637. The summed E-state index contributed by atoms with van der Waals surface area (Å²) >= 11 is 12.8. The van der Waals surface area contributed by atoms with Crippen molar-refractivity contribution in [2.45, 2.75) is 6.42 Å². The SMILES string of the molecule is O=C(Cc1cc(Cl)ccc1F)c1sccc1Cl. The Morgan fingerprint density at radius 1 is 1.29 bits per heavy atom. The van der Waals surface area contributed by atoms with Crippen LogP contribution in [0.5, 0.6) is 0 Å². The van der Waals surface area contributed by atoms with Crippen molar-refractivity contribution in [3.63, 3.8) is 0 Å². The Balaban J connectivity index is 2.24. The van der Waals surface area contributed by atoms with E-state index in [4.69, 9.17) is 23.2 Å². The van der Waals surface area contributed by atoms with Gasteiger partial charge < -0.3 is 0 Å². The molecule has 0 bridgehead atoms. The number of hydrogen-bond donors (Lipinski definition) is 0. The number of carbonyl (C=O) groups is 1. The molecule has 0 aliphatic carbocycles. The molecule has 0 aliphatic rings. The van der Waals surface area contributed by atoms with Crippen molar-refractivity contribution in [3.05, 3.63) is 55.9 Å². The first kappa shape index (κ1) is 12.6. The van der Waals surface area contributed by atoms with E-state index in [-0.39, 0.29) is 17.8 Å². The number of carbonyl (C=O) groups excluding carboxylic acids is 1. The molecule has 2 rings (SSSR count). The number of Topliss-reactive ketones (excluding diaryl/α,β-unsaturated/α-hetero) is 1. The zero-order valence-corrected chi connectivity index (χ0v) is 10.9. The van der Waals surface area contributed by atoms with Gasteiger partial charge in [-0.3, -0.25) is 4.79 Å². The van der Waals surface area contributed by atoms with E-state index in [2.05, 4.69) is 0 Å². The van der Waals surface area contributed by atoms with Crippen LogP contribution in [0.25, 0.3) is 0 Å². The van der Waals surface area contributed by atoms with Crippen molar-refractivity contribution in [3.8, 4) is 0 Å². The summed E-state index contributed by atoms with van der Waals surface area (Å²) in [5.41, 5.74) is 0.284. The zero-order chi connectivity index (χ0) is 12.4. The largest absolute Gasteiger partial charge is 0.293 e. The maximum atomic E-state index is 13.4. The molecule has 0 N–H and O–H groups in total. The molecule has 1 aromatic carbocycles. The molecular weight excluding hydrogens is 282 g/mol. The van der Waals surface area contributed by atoms with E-state index in [1.54, 1.807) is 11.4 Å². The molecule has 1 aromatic heterocycles. The minimum absolute atomic E-state index is 0.0351. The highest BCUT2D eigenvalue weighted by Crippen LogP contribution is 2.25. The second-order valence-electron chi connectivity index (χ2n) is 3.43. The average molecular weight is 289 g/mol. The predicted molar refractivity (Wildman–Crippen MR) is 68.8 cm³/mol. The van der Waals surface area contributed by atoms with E-state index in [0.29, 0.717) is 14.9 Å². The third-order valence-electron chi connectivity index (χ3n) is 2.23. The lowest BCUT2D eigenvalue weighted by atomic mass is 10.1. The highest BCUT2D eigenvalue weighted by molar-refractivity contribution is 7.12. The number of thiophene rings is 1. The summed E-state index contributed by atoms with van der Waals surface area (Å²) in [6, 6.07) is 5.80. The number of halogens is 3. The summed E-state index contributed by atoms with van der Waals surface area (Å²) < 4.78 is 13.4. The van der Waals surface area contributed by atoms with Crippen molar-refractivity contribution in [1.29, 1.82) is 0 Å². The van der Waals surface area contributed by atoms with Gasteiger partial charge in [-0.1, -0.05) is 23.2 Å². The Morgan fingerprint density at radius 3 is 2.71 bits per heavy atom. The maximum absolute atomic E-state index is 13.4. The van der Waals surface area contributed by atoms with Gasteiger partial charge in [0.25, 0.3) is 0 Å². The second-order valence-corrected chi connectivity index (χ2v) is 5.19. The molecule has 0 saturated carbocycles. The molecule has 5 heteroatoms. The van der Waals surface area contributed by atoms with E-state index in [1.165, 1.54) is 29.5 Å². The molecule has 0 atom stereocenters. The number of benzene rings is 1. The van der Waals surface area contributed by atoms with Crippen LogP contribution in [0.15, 0.2) is 29.6 Å². The Morgan fingerprint density at radius 2 is 2.06 bits per heavy atom. The maximum Gasteiger partial charge on any atom is 0.178 e. The van der Waals surface area contributed by atoms with E-state index >= 15 is 0 Å². The molecule has 2 aromatic rings. The van der Waals surface area contributed by atoms with E-state index in [1.807, 2.05) is 0 Å². The van der Waals surface area contributed by atoms with Gasteiger partial charge in [-0.25, -0.2) is 4.39 Å². The fraction of sp³-hybridized carbons (Fsp3) is 0.0833. The summed E-state index contributed by atoms with van der Waals surface area (Å²) in [4.78, 5) is 12.3. The van der Waals surface area contributed by atoms with Gasteiger partial charge >= 0.3 is 0 Å². The van der Waals surface area contributed by atoms with Gasteiger partial charge in [-0.05, 0) is 35.2 Å². The van der Waals surface area contributed by atoms with Gasteiger partial charge in [0.15, 0.2) is 5.78 Å². The molecule has 0 amide bonds. The molecule has 0 aliphatic heterocycles. The molecule has 88 valence electrons. The molecule has 1 heterocycles. The van der Waals surface area contributed by atoms with E-state index in [9.17, 15) is 9.18 Å². The van der Waals surface area contributed by atoms with Crippen LogP contribution in [-0.2, 0) is 6.42 Å². The van der Waals surface area contributed by atoms with Crippen LogP contribution in [0.2, 0.25) is 10.0 Å². The first-order chi connectivity index (χ1) is 8.08. The highest BCUT2D eigenvalue weighted by atomic mass is 35.5. The molecule has 0 saturated heterocycles. The second kappa shape index (κ2) is 5.17. The molecule has 17 heavy (non-hydrogen) atoms. The minimum atomic E-state index is -0.435. The quantitative estimate of drug-likeness (QED) is 0.753. The fourth-order valence-electron chi connectivity index (χ4n) is 1.42. The third-order valence-corrected chi connectivity index (χ3v) is 3.85. The van der Waals surface area contributed by atoms with Gasteiger partial charge in [-0.15, -0.1) is 11.3 Å². The van der Waals surface area contributed by atoms with Gasteiger partial charge in [0.2, 0.25) is 0 Å². The first-order valence-corrected chi connectivity index (χ1v) is 6.41. The Kier molecular flexibility index (Phi) is 3.82. The average Bonchev–Trinajstić information content (AvgIpc) is 2.70. The van der Waals surface area contributed by atoms with Crippen molar-refractivity contribution in [2.75, 3.05) is 0 Å². The standard InChI is InChI=1S/C12H7Cl2FOS/c13-8-1-2-10(15)7(5-8)6-11(16)12-9(14)3-4-17-12/h1-5H,6H2. The van der Waals surface area contributed by atoms with Gasteiger partial charge in [-0.2, -0.15) is 0 Å². The van der Waals surface area contributed by atoms with E-state index < -0.39 is 5.82 Å². The van der Waals surface area contributed by atoms with Gasteiger partial charge in [0, 0.05) is 11.4 Å². The molecular formula is C12H7Cl2FOS. The monoisotopic (exact) mass is 288 g/mol. The molecule has 0 spiro atoms. The Bertz CT molecular complexity index is 565. The molecule has 0 radical (unpaired) electrons. The predicted octanol–water partition coefficient (Wildman–Crippen LogP) is 4.62. The van der Waals surface area contributed by atoms with Crippen LogP contribution in [0, 0.1) is 5.82 Å². The van der Waals surface area contributed by atoms with Crippen LogP contribution in [-0.4, -0.2) is 5.78 Å². The van der Waals surface area contributed by atoms with Crippen LogP contribution in [0.1, 0.15) is 15.2 Å². The lowest BCUT2D eigenvalue weighted by Crippen LogP contribution is -2.03. The number of rotatable bonds is 3. The van der Waals surface area contributed by atoms with Crippen LogP contribution < -0.4 is 0 Å². The van der Waals surface area contributed by atoms with Crippen molar-refractivity contribution >= 4 is 40.3 Å². The third kappa shape index (κ3) is 2.86. The van der Waals surface area contributed by atoms with Crippen LogP contribution in [0.3, 0.4) is 0 Å². The smallest absolute Gasteiger partial charge is 0.178 e. The molecule has 0 fully saturated rings. The fourth-order valence-corrected chi connectivity index (χ4v) is 2.72. The number of ketones is 1. The normalized spacial score (nSPS) is 10.5. The lowest BCUT2D eigenvalue weighted by molar-refractivity contribution is 0.0996. The van der Waals surface area contributed by atoms with Gasteiger partial charge in [0.05, 0.1) is 9.90 Å². The number of hydrogen-bond acceptors (Lipinski definition) is 2. The van der Waals surface area contributed by atoms with Crippen molar-refractivity contribution in [2.24, 2.45) is 0 Å². The van der Waals surface area contributed by atoms with Crippen molar-refractivity contribution < 1.29 is 9.18 Å². The molecule has 0 unspecified atom stereocenters. The minimum Gasteiger partial charge on any atom is -0.293 e. The Hall–Kier alpha value is -0.900. The summed E-state index contributed by atoms with van der Waals surface area (Å²) in [7, 11) is 0. The summed E-state index contributed by atoms with van der Waals surface area (Å²) in [6.07, 6.45) is -0.0351. The topological polar surface area (TPSA) is 17.1 Å². The van der Waals surface area contributed by atoms with Crippen LogP contribution in [0.4, 0.5) is 4.39 Å². The first-order valence-electron chi connectivity index (χ1n) is 4.78.